The second-order valence-corrected chi connectivity index (χ2v) is 9.14. The SMILES string of the molecule is CC(C)Cn1c(=O)[nH]c(=O)c2c(-c3cccn3C)n(Cc3csc4ccccc34)nc21. The number of hydrogen-bond donors (Lipinski definition) is 1. The molecular formula is C23H23N5O2S. The fourth-order valence-electron chi connectivity index (χ4n) is 4.10. The van der Waals surface area contributed by atoms with E-state index in [2.05, 4.69) is 22.5 Å². The van der Waals surface area contributed by atoms with Gasteiger partial charge in [0.1, 0.15) is 11.1 Å². The molecule has 0 radical (unpaired) electrons. The van der Waals surface area contributed by atoms with Gasteiger partial charge in [0.25, 0.3) is 5.56 Å². The lowest BCUT2D eigenvalue weighted by molar-refractivity contribution is 0.510. The lowest BCUT2D eigenvalue weighted by Gasteiger charge is -2.09. The number of hydrogen-bond acceptors (Lipinski definition) is 4. The van der Waals surface area contributed by atoms with E-state index in [-0.39, 0.29) is 5.92 Å². The number of aryl methyl sites for hydroxylation is 1. The van der Waals surface area contributed by atoms with Crippen molar-refractivity contribution < 1.29 is 0 Å². The molecule has 0 aliphatic carbocycles. The summed E-state index contributed by atoms with van der Waals surface area (Å²) in [6.07, 6.45) is 1.94. The van der Waals surface area contributed by atoms with Crippen molar-refractivity contribution in [2.24, 2.45) is 13.0 Å². The van der Waals surface area contributed by atoms with E-state index in [1.54, 1.807) is 15.9 Å². The molecule has 5 aromatic rings. The van der Waals surface area contributed by atoms with E-state index < -0.39 is 11.2 Å². The fourth-order valence-corrected chi connectivity index (χ4v) is 5.06. The Kier molecular flexibility index (Phi) is 4.66. The van der Waals surface area contributed by atoms with Crippen molar-refractivity contribution in [2.75, 3.05) is 0 Å². The third kappa shape index (κ3) is 3.23. The van der Waals surface area contributed by atoms with Gasteiger partial charge in [-0.1, -0.05) is 32.0 Å². The van der Waals surface area contributed by atoms with Gasteiger partial charge in [-0.15, -0.1) is 11.3 Å². The first kappa shape index (κ1) is 19.6. The minimum Gasteiger partial charge on any atom is -0.349 e. The van der Waals surface area contributed by atoms with Gasteiger partial charge in [-0.25, -0.2) is 4.79 Å². The smallest absolute Gasteiger partial charge is 0.330 e. The van der Waals surface area contributed by atoms with E-state index in [4.69, 9.17) is 5.10 Å². The molecule has 4 heterocycles. The average molecular weight is 434 g/mol. The molecule has 0 fully saturated rings. The van der Waals surface area contributed by atoms with Gasteiger partial charge in [0, 0.05) is 24.5 Å². The number of benzene rings is 1. The molecule has 0 bridgehead atoms. The molecule has 31 heavy (non-hydrogen) atoms. The summed E-state index contributed by atoms with van der Waals surface area (Å²) in [6.45, 7) is 5.07. The van der Waals surface area contributed by atoms with Crippen LogP contribution in [-0.2, 0) is 20.1 Å². The lowest BCUT2D eigenvalue weighted by atomic mass is 10.1. The van der Waals surface area contributed by atoms with E-state index in [9.17, 15) is 9.59 Å². The number of rotatable bonds is 5. The molecule has 0 saturated heterocycles. The number of nitrogens with one attached hydrogen (secondary N) is 1. The largest absolute Gasteiger partial charge is 0.349 e. The van der Waals surface area contributed by atoms with E-state index in [1.165, 1.54) is 10.1 Å². The van der Waals surface area contributed by atoms with Gasteiger partial charge in [-0.05, 0) is 40.4 Å². The van der Waals surface area contributed by atoms with Crippen LogP contribution in [0.25, 0.3) is 32.5 Å². The molecule has 0 amide bonds. The number of aromatic nitrogens is 5. The summed E-state index contributed by atoms with van der Waals surface area (Å²) in [4.78, 5) is 28.1. The minimum atomic E-state index is -0.421. The molecule has 0 unspecified atom stereocenters. The highest BCUT2D eigenvalue weighted by Crippen LogP contribution is 2.30. The normalized spacial score (nSPS) is 11.9. The zero-order valence-electron chi connectivity index (χ0n) is 17.6. The maximum atomic E-state index is 13.0. The van der Waals surface area contributed by atoms with E-state index >= 15 is 0 Å². The molecule has 5 rings (SSSR count). The van der Waals surface area contributed by atoms with Crippen molar-refractivity contribution in [1.29, 1.82) is 0 Å². The summed E-state index contributed by atoms with van der Waals surface area (Å²) in [6, 6.07) is 12.2. The average Bonchev–Trinajstić information content (AvgIpc) is 3.42. The van der Waals surface area contributed by atoms with Crippen LogP contribution in [0.1, 0.15) is 19.4 Å². The Morgan fingerprint density at radius 2 is 1.94 bits per heavy atom. The van der Waals surface area contributed by atoms with Crippen LogP contribution in [0.3, 0.4) is 0 Å². The van der Waals surface area contributed by atoms with Crippen LogP contribution >= 0.6 is 11.3 Å². The van der Waals surface area contributed by atoms with Crippen LogP contribution in [0.2, 0.25) is 0 Å². The predicted octanol–water partition coefficient (Wildman–Crippen LogP) is 3.81. The van der Waals surface area contributed by atoms with Crippen LogP contribution in [0.15, 0.2) is 57.6 Å². The molecule has 158 valence electrons. The van der Waals surface area contributed by atoms with Gasteiger partial charge < -0.3 is 4.57 Å². The number of nitrogens with zero attached hydrogens (tertiary/aromatic N) is 4. The molecule has 0 spiro atoms. The summed E-state index contributed by atoms with van der Waals surface area (Å²) in [5, 5.41) is 8.58. The van der Waals surface area contributed by atoms with E-state index in [0.717, 1.165) is 17.0 Å². The number of aromatic amines is 1. The topological polar surface area (TPSA) is 77.6 Å². The molecule has 7 nitrogen and oxygen atoms in total. The highest BCUT2D eigenvalue weighted by atomic mass is 32.1. The van der Waals surface area contributed by atoms with E-state index in [0.29, 0.717) is 24.1 Å². The molecule has 8 heteroatoms. The van der Waals surface area contributed by atoms with Crippen molar-refractivity contribution in [3.05, 3.63) is 74.4 Å². The zero-order valence-corrected chi connectivity index (χ0v) is 18.4. The summed E-state index contributed by atoms with van der Waals surface area (Å²) in [7, 11) is 1.94. The predicted molar refractivity (Wildman–Crippen MR) is 125 cm³/mol. The highest BCUT2D eigenvalue weighted by molar-refractivity contribution is 7.17. The number of fused-ring (bicyclic) bond motifs is 2. The molecule has 0 aliphatic rings. The van der Waals surface area contributed by atoms with Crippen molar-refractivity contribution in [3.8, 4) is 11.4 Å². The molecular weight excluding hydrogens is 410 g/mol. The summed E-state index contributed by atoms with van der Waals surface area (Å²) >= 11 is 1.69. The van der Waals surface area contributed by atoms with Crippen LogP contribution in [0.5, 0.6) is 0 Å². The first-order valence-corrected chi connectivity index (χ1v) is 11.1. The van der Waals surface area contributed by atoms with Crippen molar-refractivity contribution in [1.82, 2.24) is 23.9 Å². The van der Waals surface area contributed by atoms with Crippen molar-refractivity contribution in [2.45, 2.75) is 26.9 Å². The third-order valence-corrected chi connectivity index (χ3v) is 6.51. The number of H-pyrrole nitrogens is 1. The Hall–Kier alpha value is -3.39. The van der Waals surface area contributed by atoms with Crippen LogP contribution in [0, 0.1) is 5.92 Å². The Balaban J connectivity index is 1.81. The number of thiophene rings is 1. The van der Waals surface area contributed by atoms with Gasteiger partial charge in [-0.2, -0.15) is 5.10 Å². The van der Waals surface area contributed by atoms with Crippen LogP contribution < -0.4 is 11.2 Å². The zero-order chi connectivity index (χ0) is 21.7. The highest BCUT2D eigenvalue weighted by Gasteiger charge is 2.23. The first-order chi connectivity index (χ1) is 14.9. The standard InChI is InChI=1S/C23H23N5O2S/c1-14(2)11-27-21-19(22(29)24-23(27)30)20(17-8-6-10-26(17)3)28(25-21)12-15-13-31-18-9-5-4-7-16(15)18/h4-10,13-14H,11-12H2,1-3H3,(H,24,29,30). The molecule has 1 N–H and O–H groups in total. The van der Waals surface area contributed by atoms with Crippen molar-refractivity contribution in [3.63, 3.8) is 0 Å². The second kappa shape index (κ2) is 7.39. The monoisotopic (exact) mass is 433 g/mol. The Morgan fingerprint density at radius 3 is 2.68 bits per heavy atom. The van der Waals surface area contributed by atoms with Gasteiger partial charge >= 0.3 is 5.69 Å². The van der Waals surface area contributed by atoms with Crippen molar-refractivity contribution >= 4 is 32.5 Å². The Bertz CT molecular complexity index is 1530. The third-order valence-electron chi connectivity index (χ3n) is 5.50. The summed E-state index contributed by atoms with van der Waals surface area (Å²) in [5.74, 6) is 0.233. The first-order valence-electron chi connectivity index (χ1n) is 10.2. The molecule has 1 aromatic carbocycles. The van der Waals surface area contributed by atoms with Gasteiger partial charge in [0.2, 0.25) is 0 Å². The lowest BCUT2D eigenvalue weighted by Crippen LogP contribution is -2.31. The maximum absolute atomic E-state index is 13.0. The van der Waals surface area contributed by atoms with E-state index in [1.807, 2.05) is 60.6 Å². The molecule has 0 saturated carbocycles. The maximum Gasteiger partial charge on any atom is 0.330 e. The second-order valence-electron chi connectivity index (χ2n) is 8.23. The Morgan fingerprint density at radius 1 is 1.13 bits per heavy atom. The Labute approximate surface area is 182 Å². The fraction of sp³-hybridized carbons (Fsp3) is 0.261. The van der Waals surface area contributed by atoms with Crippen LogP contribution in [-0.4, -0.2) is 23.9 Å². The molecule has 4 aromatic heterocycles. The molecule has 0 atom stereocenters. The minimum absolute atomic E-state index is 0.233. The van der Waals surface area contributed by atoms with Gasteiger partial charge in [0.05, 0.1) is 12.2 Å². The van der Waals surface area contributed by atoms with Crippen LogP contribution in [0.4, 0.5) is 0 Å². The van der Waals surface area contributed by atoms with Gasteiger partial charge in [0.15, 0.2) is 5.65 Å². The van der Waals surface area contributed by atoms with Gasteiger partial charge in [-0.3, -0.25) is 19.0 Å². The summed E-state index contributed by atoms with van der Waals surface area (Å²) in [5.41, 5.74) is 2.34. The quantitative estimate of drug-likeness (QED) is 0.458. The molecule has 0 aliphatic heterocycles. The summed E-state index contributed by atoms with van der Waals surface area (Å²) < 4.78 is 6.62.